The van der Waals surface area contributed by atoms with Crippen molar-refractivity contribution in [1.82, 2.24) is 19.7 Å². The van der Waals surface area contributed by atoms with Gasteiger partial charge >= 0.3 is 0 Å². The van der Waals surface area contributed by atoms with E-state index in [0.717, 1.165) is 45.6 Å². The number of hydrogen-bond donors (Lipinski definition) is 0. The molecule has 0 aliphatic carbocycles. The summed E-state index contributed by atoms with van der Waals surface area (Å²) in [5.74, 6) is 3.47. The summed E-state index contributed by atoms with van der Waals surface area (Å²) in [7, 11) is 3.23. The lowest BCUT2D eigenvalue weighted by Gasteiger charge is -2.23. The molecule has 52 heavy (non-hydrogen) atoms. The molecule has 1 aliphatic heterocycles. The molecule has 7 rings (SSSR count). The number of para-hydroxylation sites is 1. The number of aromatic nitrogens is 4. The quantitative estimate of drug-likeness (QED) is 0.100. The standard InChI is InChI=1S/C39H36BrN5O5S2/c1-47-34-19-10-26(21-35(34)48-2)22-36-42-43-39(45(36)29-15-17-31(18-16-29)50-30-7-4-3-5-8-30)52-25-37(46)44(23-32-9-6-20-49-32)38-41-33(24-51-38)27-11-13-28(40)14-12-27/h3-5,7-8,10-19,21,24,32H,6,9,20,22-23,25H2,1-2H3. The van der Waals surface area contributed by atoms with Crippen molar-refractivity contribution in [3.8, 4) is 39.9 Å². The highest BCUT2D eigenvalue weighted by Crippen LogP contribution is 2.33. The van der Waals surface area contributed by atoms with Gasteiger partial charge in [-0.1, -0.05) is 64.1 Å². The molecule has 13 heteroatoms. The molecule has 1 fully saturated rings. The summed E-state index contributed by atoms with van der Waals surface area (Å²) in [6, 6.07) is 31.2. The van der Waals surface area contributed by atoms with Crippen LogP contribution in [0.15, 0.2) is 112 Å². The molecule has 0 spiro atoms. The summed E-state index contributed by atoms with van der Waals surface area (Å²) in [6.45, 7) is 1.14. The van der Waals surface area contributed by atoms with Gasteiger partial charge in [0.05, 0.1) is 38.3 Å². The van der Waals surface area contributed by atoms with Crippen LogP contribution in [0.2, 0.25) is 0 Å². The predicted octanol–water partition coefficient (Wildman–Crippen LogP) is 8.86. The number of methoxy groups -OCH3 is 2. The number of thiazole rings is 1. The smallest absolute Gasteiger partial charge is 0.239 e. The monoisotopic (exact) mass is 797 g/mol. The van der Waals surface area contributed by atoms with Crippen LogP contribution in [0.4, 0.5) is 5.13 Å². The van der Waals surface area contributed by atoms with Gasteiger partial charge in [0.25, 0.3) is 0 Å². The molecule has 2 aromatic heterocycles. The number of benzene rings is 4. The van der Waals surface area contributed by atoms with Crippen LogP contribution in [0.1, 0.15) is 24.2 Å². The minimum absolute atomic E-state index is 0.0395. The molecule has 1 unspecified atom stereocenters. The zero-order chi connectivity index (χ0) is 35.9. The van der Waals surface area contributed by atoms with E-state index in [9.17, 15) is 4.79 Å². The van der Waals surface area contributed by atoms with E-state index in [1.165, 1.54) is 23.1 Å². The van der Waals surface area contributed by atoms with E-state index in [2.05, 4.69) is 26.1 Å². The Morgan fingerprint density at radius 3 is 2.46 bits per heavy atom. The van der Waals surface area contributed by atoms with E-state index in [-0.39, 0.29) is 17.8 Å². The Labute approximate surface area is 318 Å². The van der Waals surface area contributed by atoms with E-state index >= 15 is 0 Å². The number of nitrogens with zero attached hydrogens (tertiary/aromatic N) is 5. The van der Waals surface area contributed by atoms with Crippen LogP contribution in [-0.4, -0.2) is 64.9 Å². The van der Waals surface area contributed by atoms with Crippen LogP contribution < -0.4 is 19.1 Å². The Morgan fingerprint density at radius 1 is 0.962 bits per heavy atom. The zero-order valence-corrected chi connectivity index (χ0v) is 31.8. The van der Waals surface area contributed by atoms with Crippen molar-refractivity contribution in [2.24, 2.45) is 0 Å². The first-order valence-electron chi connectivity index (χ1n) is 16.7. The summed E-state index contributed by atoms with van der Waals surface area (Å²) in [5, 5.41) is 12.4. The first-order valence-corrected chi connectivity index (χ1v) is 19.4. The van der Waals surface area contributed by atoms with Crippen molar-refractivity contribution in [1.29, 1.82) is 0 Å². The zero-order valence-electron chi connectivity index (χ0n) is 28.6. The Kier molecular flexibility index (Phi) is 11.5. The summed E-state index contributed by atoms with van der Waals surface area (Å²) >= 11 is 6.30. The van der Waals surface area contributed by atoms with Gasteiger partial charge in [0.15, 0.2) is 21.8 Å². The van der Waals surface area contributed by atoms with Crippen LogP contribution >= 0.6 is 39.0 Å². The lowest BCUT2D eigenvalue weighted by atomic mass is 10.1. The summed E-state index contributed by atoms with van der Waals surface area (Å²) in [6.07, 6.45) is 2.31. The normalized spacial score (nSPS) is 13.9. The third-order valence-electron chi connectivity index (χ3n) is 8.48. The van der Waals surface area contributed by atoms with Gasteiger partial charge in [-0.2, -0.15) is 0 Å². The van der Waals surface area contributed by atoms with Gasteiger partial charge in [0, 0.05) is 34.1 Å². The average Bonchev–Trinajstić information content (AvgIpc) is 3.96. The molecule has 0 N–H and O–H groups in total. The topological polar surface area (TPSA) is 101 Å². The molecule has 0 radical (unpaired) electrons. The highest BCUT2D eigenvalue weighted by Gasteiger charge is 2.27. The van der Waals surface area contributed by atoms with E-state index < -0.39 is 0 Å². The van der Waals surface area contributed by atoms with Crippen molar-refractivity contribution in [3.63, 3.8) is 0 Å². The first-order chi connectivity index (χ1) is 25.5. The fourth-order valence-corrected chi connectivity index (χ4v) is 7.82. The van der Waals surface area contributed by atoms with Gasteiger partial charge < -0.3 is 18.9 Å². The third kappa shape index (κ3) is 8.50. The maximum Gasteiger partial charge on any atom is 0.239 e. The molecular formula is C39H36BrN5O5S2. The predicted molar refractivity (Wildman–Crippen MR) is 208 cm³/mol. The van der Waals surface area contributed by atoms with Crippen molar-refractivity contribution < 1.29 is 23.7 Å². The van der Waals surface area contributed by atoms with Crippen LogP contribution in [0.3, 0.4) is 0 Å². The molecule has 1 amide bonds. The van der Waals surface area contributed by atoms with Crippen molar-refractivity contribution in [2.75, 3.05) is 38.0 Å². The molecule has 1 atom stereocenters. The Morgan fingerprint density at radius 2 is 1.73 bits per heavy atom. The van der Waals surface area contributed by atoms with Crippen molar-refractivity contribution in [2.45, 2.75) is 30.5 Å². The molecule has 1 aliphatic rings. The molecule has 6 aromatic rings. The van der Waals surface area contributed by atoms with Crippen LogP contribution in [-0.2, 0) is 16.0 Å². The number of rotatable bonds is 14. The van der Waals surface area contributed by atoms with Gasteiger partial charge in [-0.3, -0.25) is 14.3 Å². The number of ether oxygens (including phenoxy) is 4. The molecule has 4 aromatic carbocycles. The maximum atomic E-state index is 14.1. The fourth-order valence-electron chi connectivity index (χ4n) is 5.85. The maximum absolute atomic E-state index is 14.1. The van der Waals surface area contributed by atoms with Crippen molar-refractivity contribution >= 4 is 50.1 Å². The SMILES string of the molecule is COc1ccc(Cc2nnc(SCC(=O)N(CC3CCCO3)c3nc(-c4ccc(Br)cc4)cs3)n2-c2ccc(Oc3ccccc3)cc2)cc1OC. The molecule has 3 heterocycles. The molecule has 266 valence electrons. The van der Waals surface area contributed by atoms with Gasteiger partial charge in [-0.05, 0) is 79.1 Å². The third-order valence-corrected chi connectivity index (χ3v) is 10.8. The van der Waals surface area contributed by atoms with Gasteiger partial charge in [-0.15, -0.1) is 21.5 Å². The first kappa shape index (κ1) is 35.7. The average molecular weight is 799 g/mol. The second-order valence-corrected chi connectivity index (χ2v) is 14.7. The summed E-state index contributed by atoms with van der Waals surface area (Å²) in [4.78, 5) is 20.7. The molecule has 0 saturated carbocycles. The van der Waals surface area contributed by atoms with Crippen LogP contribution in [0, 0.1) is 0 Å². The second-order valence-electron chi connectivity index (χ2n) is 12.0. The lowest BCUT2D eigenvalue weighted by Crippen LogP contribution is -2.38. The number of amides is 1. The summed E-state index contributed by atoms with van der Waals surface area (Å²) < 4.78 is 26.0. The second kappa shape index (κ2) is 16.8. The van der Waals surface area contributed by atoms with Gasteiger partial charge in [0.2, 0.25) is 5.91 Å². The fraction of sp³-hybridized carbons (Fsp3) is 0.231. The van der Waals surface area contributed by atoms with Crippen LogP contribution in [0.5, 0.6) is 23.0 Å². The van der Waals surface area contributed by atoms with E-state index in [1.807, 2.05) is 107 Å². The molecule has 10 nitrogen and oxygen atoms in total. The Hall–Kier alpha value is -4.69. The minimum Gasteiger partial charge on any atom is -0.493 e. The number of halogens is 1. The van der Waals surface area contributed by atoms with Crippen molar-refractivity contribution in [3.05, 3.63) is 118 Å². The molecule has 0 bridgehead atoms. The summed E-state index contributed by atoms with van der Waals surface area (Å²) in [5.41, 5.74) is 3.62. The minimum atomic E-state index is -0.0835. The van der Waals surface area contributed by atoms with Gasteiger partial charge in [-0.25, -0.2) is 4.98 Å². The van der Waals surface area contributed by atoms with Crippen LogP contribution in [0.25, 0.3) is 16.9 Å². The number of hydrogen-bond acceptors (Lipinski definition) is 10. The lowest BCUT2D eigenvalue weighted by molar-refractivity contribution is -0.116. The largest absolute Gasteiger partial charge is 0.493 e. The van der Waals surface area contributed by atoms with E-state index in [4.69, 9.17) is 23.9 Å². The number of carbonyl (C=O) groups is 1. The Bertz CT molecular complexity index is 2100. The number of carbonyl (C=O) groups excluding carboxylic acids is 1. The highest BCUT2D eigenvalue weighted by molar-refractivity contribution is 9.10. The molecule has 1 saturated heterocycles. The van der Waals surface area contributed by atoms with E-state index in [0.29, 0.717) is 52.9 Å². The molecular weight excluding hydrogens is 762 g/mol. The highest BCUT2D eigenvalue weighted by atomic mass is 79.9. The number of thioether (sulfide) groups is 1. The Balaban J connectivity index is 1.16. The van der Waals surface area contributed by atoms with E-state index in [1.54, 1.807) is 19.1 Å². The number of anilines is 1. The van der Waals surface area contributed by atoms with Gasteiger partial charge in [0.1, 0.15) is 17.3 Å².